The molecule has 2 aliphatic rings. The first-order valence-electron chi connectivity index (χ1n) is 6.33. The van der Waals surface area contributed by atoms with E-state index in [0.717, 1.165) is 36.2 Å². The molecule has 2 aliphatic heterocycles. The fourth-order valence-electron chi connectivity index (χ4n) is 2.92. The van der Waals surface area contributed by atoms with E-state index in [1.165, 1.54) is 5.56 Å². The number of amides is 1. The van der Waals surface area contributed by atoms with Gasteiger partial charge in [0.15, 0.2) is 0 Å². The van der Waals surface area contributed by atoms with E-state index in [1.807, 2.05) is 6.20 Å². The zero-order valence-electron chi connectivity index (χ0n) is 10.3. The summed E-state index contributed by atoms with van der Waals surface area (Å²) < 4.78 is 1.03. The third kappa shape index (κ3) is 1.90. The van der Waals surface area contributed by atoms with Gasteiger partial charge in [-0.2, -0.15) is 0 Å². The maximum absolute atomic E-state index is 11.7. The van der Waals surface area contributed by atoms with Crippen molar-refractivity contribution in [3.63, 3.8) is 0 Å². The predicted molar refractivity (Wildman–Crippen MR) is 73.5 cm³/mol. The molecule has 0 spiro atoms. The smallest absolute Gasteiger partial charge is 0.225 e. The number of pyridine rings is 1. The van der Waals surface area contributed by atoms with Gasteiger partial charge in [0.05, 0.1) is 12.0 Å². The lowest BCUT2D eigenvalue weighted by Crippen LogP contribution is -2.46. The summed E-state index contributed by atoms with van der Waals surface area (Å²) in [7, 11) is 0. The molecule has 2 unspecified atom stereocenters. The summed E-state index contributed by atoms with van der Waals surface area (Å²) in [5.74, 6) is 1.34. The summed E-state index contributed by atoms with van der Waals surface area (Å²) in [6.45, 7) is 3.80. The number of nitrogens with one attached hydrogen (secondary N) is 1. The van der Waals surface area contributed by atoms with Crippen molar-refractivity contribution in [2.45, 2.75) is 25.8 Å². The van der Waals surface area contributed by atoms with Crippen molar-refractivity contribution < 1.29 is 4.79 Å². The molecule has 4 nitrogen and oxygen atoms in total. The molecule has 0 aliphatic carbocycles. The Labute approximate surface area is 115 Å². The fraction of sp³-hybridized carbons (Fsp3) is 0.538. The van der Waals surface area contributed by atoms with Gasteiger partial charge in [-0.25, -0.2) is 4.98 Å². The van der Waals surface area contributed by atoms with Gasteiger partial charge >= 0.3 is 0 Å². The van der Waals surface area contributed by atoms with E-state index >= 15 is 0 Å². The molecule has 2 atom stereocenters. The number of hydrogen-bond acceptors (Lipinski definition) is 3. The Morgan fingerprint density at radius 2 is 2.39 bits per heavy atom. The highest BCUT2D eigenvalue weighted by Gasteiger charge is 2.41. The third-order valence-electron chi connectivity index (χ3n) is 3.93. The van der Waals surface area contributed by atoms with Crippen molar-refractivity contribution in [3.8, 4) is 0 Å². The molecular formula is C13H16BrN3O. The number of aryl methyl sites for hydroxylation is 1. The zero-order valence-corrected chi connectivity index (χ0v) is 11.9. The fourth-order valence-corrected chi connectivity index (χ4v) is 3.13. The summed E-state index contributed by atoms with van der Waals surface area (Å²) in [4.78, 5) is 18.5. The first-order chi connectivity index (χ1) is 8.66. The third-order valence-corrected chi connectivity index (χ3v) is 4.76. The summed E-state index contributed by atoms with van der Waals surface area (Å²) in [6.07, 6.45) is 3.91. The molecule has 3 heterocycles. The van der Waals surface area contributed by atoms with Crippen LogP contribution in [0.2, 0.25) is 0 Å². The molecule has 1 aromatic heterocycles. The highest BCUT2D eigenvalue weighted by atomic mass is 79.9. The second kappa shape index (κ2) is 4.53. The second-order valence-electron chi connectivity index (χ2n) is 5.05. The van der Waals surface area contributed by atoms with Crippen LogP contribution in [0.15, 0.2) is 16.7 Å². The number of carbonyl (C=O) groups is 1. The normalized spacial score (nSPS) is 27.0. The monoisotopic (exact) mass is 309 g/mol. The maximum Gasteiger partial charge on any atom is 0.225 e. The van der Waals surface area contributed by atoms with Gasteiger partial charge in [0.2, 0.25) is 5.91 Å². The van der Waals surface area contributed by atoms with Gasteiger partial charge in [-0.15, -0.1) is 0 Å². The van der Waals surface area contributed by atoms with Crippen molar-refractivity contribution in [2.24, 2.45) is 5.92 Å². The lowest BCUT2D eigenvalue weighted by atomic mass is 9.91. The quantitative estimate of drug-likeness (QED) is 0.861. The minimum absolute atomic E-state index is 0.143. The van der Waals surface area contributed by atoms with Crippen molar-refractivity contribution in [1.82, 2.24) is 10.3 Å². The first-order valence-corrected chi connectivity index (χ1v) is 7.12. The molecular weight excluding hydrogens is 294 g/mol. The number of carbonyl (C=O) groups excluding carboxylic acids is 1. The molecule has 2 saturated heterocycles. The van der Waals surface area contributed by atoms with Gasteiger partial charge in [0.25, 0.3) is 0 Å². The topological polar surface area (TPSA) is 45.2 Å². The zero-order chi connectivity index (χ0) is 12.7. The van der Waals surface area contributed by atoms with Crippen LogP contribution in [0, 0.1) is 12.8 Å². The van der Waals surface area contributed by atoms with E-state index in [4.69, 9.17) is 0 Å². The number of rotatable bonds is 1. The number of anilines is 1. The van der Waals surface area contributed by atoms with Crippen molar-refractivity contribution in [1.29, 1.82) is 0 Å². The summed E-state index contributed by atoms with van der Waals surface area (Å²) in [5.41, 5.74) is 1.18. The van der Waals surface area contributed by atoms with Crippen LogP contribution in [0.25, 0.3) is 0 Å². The number of piperidine rings is 1. The molecule has 3 rings (SSSR count). The number of nitrogens with zero attached hydrogens (tertiary/aromatic N) is 2. The molecule has 0 radical (unpaired) electrons. The van der Waals surface area contributed by atoms with Crippen LogP contribution in [-0.4, -0.2) is 30.0 Å². The Kier molecular flexibility index (Phi) is 3.01. The number of halogens is 1. The minimum Gasteiger partial charge on any atom is -0.354 e. The van der Waals surface area contributed by atoms with Gasteiger partial charge in [-0.1, -0.05) is 0 Å². The number of hydrogen-bond donors (Lipinski definition) is 1. The van der Waals surface area contributed by atoms with Gasteiger partial charge in [0.1, 0.15) is 5.82 Å². The molecule has 1 amide bonds. The summed E-state index contributed by atoms with van der Waals surface area (Å²) in [5, 5.41) is 2.97. The standard InChI is InChI=1S/C13H16BrN3O/c1-8-5-12(15-6-10(8)14)17-4-2-3-9-11(17)7-16-13(9)18/h5-6,9,11H,2-4,7H2,1H3,(H,16,18). The number of fused-ring (bicyclic) bond motifs is 1. The van der Waals surface area contributed by atoms with Crippen LogP contribution in [0.5, 0.6) is 0 Å². The highest BCUT2D eigenvalue weighted by molar-refractivity contribution is 9.10. The molecule has 0 aromatic carbocycles. The van der Waals surface area contributed by atoms with Crippen LogP contribution >= 0.6 is 15.9 Å². The Balaban J connectivity index is 1.91. The van der Waals surface area contributed by atoms with Crippen LogP contribution in [0.3, 0.4) is 0 Å². The lowest BCUT2D eigenvalue weighted by Gasteiger charge is -2.36. The summed E-state index contributed by atoms with van der Waals surface area (Å²) >= 11 is 3.47. The minimum atomic E-state index is 0.143. The first kappa shape index (κ1) is 12.0. The van der Waals surface area contributed by atoms with Gasteiger partial charge in [0, 0.05) is 23.8 Å². The molecule has 96 valence electrons. The molecule has 1 aromatic rings. The van der Waals surface area contributed by atoms with Gasteiger partial charge < -0.3 is 10.2 Å². The van der Waals surface area contributed by atoms with Crippen molar-refractivity contribution in [3.05, 3.63) is 22.3 Å². The van der Waals surface area contributed by atoms with Crippen LogP contribution in [0.4, 0.5) is 5.82 Å². The van der Waals surface area contributed by atoms with Crippen LogP contribution in [0.1, 0.15) is 18.4 Å². The van der Waals surface area contributed by atoms with E-state index in [-0.39, 0.29) is 17.9 Å². The van der Waals surface area contributed by atoms with E-state index < -0.39 is 0 Å². The molecule has 1 N–H and O–H groups in total. The predicted octanol–water partition coefficient (Wildman–Crippen LogP) is 1.87. The summed E-state index contributed by atoms with van der Waals surface area (Å²) in [6, 6.07) is 2.37. The Morgan fingerprint density at radius 3 is 3.17 bits per heavy atom. The van der Waals surface area contributed by atoms with Crippen molar-refractivity contribution in [2.75, 3.05) is 18.0 Å². The van der Waals surface area contributed by atoms with Crippen LogP contribution < -0.4 is 10.2 Å². The molecule has 18 heavy (non-hydrogen) atoms. The Bertz CT molecular complexity index is 491. The second-order valence-corrected chi connectivity index (χ2v) is 5.90. The molecule has 5 heteroatoms. The van der Waals surface area contributed by atoms with Gasteiger partial charge in [-0.3, -0.25) is 4.79 Å². The van der Waals surface area contributed by atoms with E-state index in [0.29, 0.717) is 0 Å². The average molecular weight is 310 g/mol. The van der Waals surface area contributed by atoms with E-state index in [2.05, 4.69) is 44.1 Å². The molecule has 0 bridgehead atoms. The highest BCUT2D eigenvalue weighted by Crippen LogP contribution is 2.31. The van der Waals surface area contributed by atoms with Gasteiger partial charge in [-0.05, 0) is 47.3 Å². The van der Waals surface area contributed by atoms with E-state index in [1.54, 1.807) is 0 Å². The average Bonchev–Trinajstić information content (AvgIpc) is 2.75. The van der Waals surface area contributed by atoms with E-state index in [9.17, 15) is 4.79 Å². The van der Waals surface area contributed by atoms with Crippen molar-refractivity contribution >= 4 is 27.7 Å². The Morgan fingerprint density at radius 1 is 1.56 bits per heavy atom. The lowest BCUT2D eigenvalue weighted by molar-refractivity contribution is -0.122. The molecule has 0 saturated carbocycles. The SMILES string of the molecule is Cc1cc(N2CCCC3C(=O)NCC32)ncc1Br. The maximum atomic E-state index is 11.7. The van der Waals surface area contributed by atoms with Crippen LogP contribution in [-0.2, 0) is 4.79 Å². The largest absolute Gasteiger partial charge is 0.354 e. The molecule has 2 fully saturated rings. The number of aromatic nitrogens is 1. The Hall–Kier alpha value is -1.10.